The maximum absolute atomic E-state index is 5.60. The summed E-state index contributed by atoms with van der Waals surface area (Å²) < 4.78 is 5.60. The van der Waals surface area contributed by atoms with E-state index >= 15 is 0 Å². The van der Waals surface area contributed by atoms with Crippen LogP contribution >= 0.6 is 0 Å². The molecule has 3 heteroatoms. The number of hydrogen-bond donors (Lipinski definition) is 1. The first kappa shape index (κ1) is 13.1. The lowest BCUT2D eigenvalue weighted by atomic mass is 9.93. The number of benzene rings is 1. The molecular formula is C16H24N2O. The topological polar surface area (TPSA) is 24.5 Å². The predicted octanol–water partition coefficient (Wildman–Crippen LogP) is 2.20. The summed E-state index contributed by atoms with van der Waals surface area (Å²) in [6.07, 6.45) is 1.17. The summed E-state index contributed by atoms with van der Waals surface area (Å²) in [5.41, 5.74) is 1.60. The van der Waals surface area contributed by atoms with Gasteiger partial charge in [0.05, 0.1) is 6.61 Å². The predicted molar refractivity (Wildman–Crippen MR) is 77.2 cm³/mol. The van der Waals surface area contributed by atoms with E-state index in [1.54, 1.807) is 0 Å². The maximum Gasteiger partial charge on any atom is 0.0622 e. The van der Waals surface area contributed by atoms with Crippen LogP contribution in [0.15, 0.2) is 30.3 Å². The summed E-state index contributed by atoms with van der Waals surface area (Å²) in [6.45, 7) is 8.48. The molecule has 3 rings (SSSR count). The second-order valence-corrected chi connectivity index (χ2v) is 6.38. The number of piperazine rings is 1. The number of rotatable bonds is 2. The monoisotopic (exact) mass is 260 g/mol. The van der Waals surface area contributed by atoms with Crippen molar-refractivity contribution >= 4 is 0 Å². The molecule has 0 aromatic heterocycles. The fourth-order valence-corrected chi connectivity index (χ4v) is 3.26. The Bertz CT molecular complexity index is 412. The summed E-state index contributed by atoms with van der Waals surface area (Å²) in [6, 6.07) is 11.9. The Labute approximate surface area is 115 Å². The van der Waals surface area contributed by atoms with Crippen molar-refractivity contribution in [2.24, 2.45) is 0 Å². The van der Waals surface area contributed by atoms with Gasteiger partial charge < -0.3 is 10.1 Å². The van der Waals surface area contributed by atoms with E-state index < -0.39 is 0 Å². The molecule has 2 unspecified atom stereocenters. The van der Waals surface area contributed by atoms with Crippen molar-refractivity contribution in [3.63, 3.8) is 0 Å². The molecular weight excluding hydrogens is 236 g/mol. The first-order valence-electron chi connectivity index (χ1n) is 7.29. The Morgan fingerprint density at radius 2 is 2.05 bits per heavy atom. The van der Waals surface area contributed by atoms with Crippen LogP contribution in [0.4, 0.5) is 0 Å². The van der Waals surface area contributed by atoms with Crippen molar-refractivity contribution in [3.05, 3.63) is 35.9 Å². The Hall–Kier alpha value is -0.900. The lowest BCUT2D eigenvalue weighted by molar-refractivity contribution is 0.0461. The van der Waals surface area contributed by atoms with E-state index in [9.17, 15) is 0 Å². The van der Waals surface area contributed by atoms with Crippen LogP contribution in [-0.2, 0) is 4.74 Å². The minimum atomic E-state index is 0.188. The van der Waals surface area contributed by atoms with Crippen molar-refractivity contribution in [1.29, 1.82) is 0 Å². The minimum absolute atomic E-state index is 0.188. The van der Waals surface area contributed by atoms with Gasteiger partial charge in [-0.15, -0.1) is 0 Å². The molecule has 104 valence electrons. The maximum atomic E-state index is 5.60. The molecule has 19 heavy (non-hydrogen) atoms. The average molecular weight is 260 g/mol. The van der Waals surface area contributed by atoms with E-state index in [4.69, 9.17) is 4.74 Å². The molecule has 2 saturated heterocycles. The largest absolute Gasteiger partial charge is 0.380 e. The molecule has 2 aliphatic rings. The minimum Gasteiger partial charge on any atom is -0.380 e. The molecule has 2 aliphatic heterocycles. The van der Waals surface area contributed by atoms with Crippen LogP contribution in [0.25, 0.3) is 0 Å². The zero-order valence-corrected chi connectivity index (χ0v) is 11.9. The molecule has 0 spiro atoms. The van der Waals surface area contributed by atoms with Gasteiger partial charge in [0.15, 0.2) is 0 Å². The van der Waals surface area contributed by atoms with Crippen LogP contribution in [-0.4, -0.2) is 42.8 Å². The lowest BCUT2D eigenvalue weighted by Gasteiger charge is -2.47. The van der Waals surface area contributed by atoms with Crippen LogP contribution in [0.3, 0.4) is 0 Å². The van der Waals surface area contributed by atoms with Crippen molar-refractivity contribution in [3.8, 4) is 0 Å². The smallest absolute Gasteiger partial charge is 0.0622 e. The van der Waals surface area contributed by atoms with E-state index in [0.717, 1.165) is 26.3 Å². The van der Waals surface area contributed by atoms with Crippen molar-refractivity contribution in [2.75, 3.05) is 26.3 Å². The van der Waals surface area contributed by atoms with Crippen LogP contribution in [0.5, 0.6) is 0 Å². The van der Waals surface area contributed by atoms with E-state index in [2.05, 4.69) is 54.4 Å². The Morgan fingerprint density at radius 3 is 2.74 bits per heavy atom. The zero-order chi connectivity index (χ0) is 13.3. The van der Waals surface area contributed by atoms with Gasteiger partial charge in [0.2, 0.25) is 0 Å². The van der Waals surface area contributed by atoms with Gasteiger partial charge in [-0.25, -0.2) is 0 Å². The molecule has 0 aliphatic carbocycles. The van der Waals surface area contributed by atoms with Crippen LogP contribution in [0, 0.1) is 0 Å². The Kier molecular flexibility index (Phi) is 3.61. The zero-order valence-electron chi connectivity index (χ0n) is 11.9. The first-order chi connectivity index (χ1) is 9.16. The van der Waals surface area contributed by atoms with Crippen LogP contribution < -0.4 is 5.32 Å². The number of ether oxygens (including phenoxy) is 1. The molecule has 2 atom stereocenters. The normalized spacial score (nSPS) is 31.5. The highest BCUT2D eigenvalue weighted by Gasteiger charge is 2.38. The number of hydrogen-bond acceptors (Lipinski definition) is 3. The fourth-order valence-electron chi connectivity index (χ4n) is 3.26. The summed E-state index contributed by atoms with van der Waals surface area (Å²) in [5, 5.41) is 3.68. The van der Waals surface area contributed by atoms with Gasteiger partial charge in [-0.2, -0.15) is 0 Å². The molecule has 1 N–H and O–H groups in total. The van der Waals surface area contributed by atoms with Gasteiger partial charge in [-0.05, 0) is 25.8 Å². The summed E-state index contributed by atoms with van der Waals surface area (Å²) in [4.78, 5) is 2.65. The van der Waals surface area contributed by atoms with Crippen LogP contribution in [0.2, 0.25) is 0 Å². The van der Waals surface area contributed by atoms with E-state index in [-0.39, 0.29) is 5.54 Å². The molecule has 1 aromatic carbocycles. The molecule has 2 fully saturated rings. The SMILES string of the molecule is CC1(C)CN(C2CCOC2)C(c2ccccc2)CN1. The number of nitrogens with one attached hydrogen (secondary N) is 1. The highest BCUT2D eigenvalue weighted by atomic mass is 16.5. The molecule has 3 nitrogen and oxygen atoms in total. The van der Waals surface area contributed by atoms with Crippen LogP contribution in [0.1, 0.15) is 31.9 Å². The highest BCUT2D eigenvalue weighted by Crippen LogP contribution is 2.31. The third-order valence-electron chi connectivity index (χ3n) is 4.31. The second kappa shape index (κ2) is 5.23. The highest BCUT2D eigenvalue weighted by molar-refractivity contribution is 5.21. The molecule has 1 aromatic rings. The third kappa shape index (κ3) is 2.83. The van der Waals surface area contributed by atoms with E-state index in [1.807, 2.05) is 0 Å². The van der Waals surface area contributed by atoms with E-state index in [1.165, 1.54) is 12.0 Å². The summed E-state index contributed by atoms with van der Waals surface area (Å²) in [5.74, 6) is 0. The summed E-state index contributed by atoms with van der Waals surface area (Å²) >= 11 is 0. The fraction of sp³-hybridized carbons (Fsp3) is 0.625. The van der Waals surface area contributed by atoms with Gasteiger partial charge >= 0.3 is 0 Å². The van der Waals surface area contributed by atoms with Crippen molar-refractivity contribution < 1.29 is 4.74 Å². The van der Waals surface area contributed by atoms with E-state index in [0.29, 0.717) is 12.1 Å². The molecule has 0 amide bonds. The molecule has 2 heterocycles. The van der Waals surface area contributed by atoms with Crippen molar-refractivity contribution in [1.82, 2.24) is 10.2 Å². The molecule has 0 saturated carbocycles. The van der Waals surface area contributed by atoms with Gasteiger partial charge in [0, 0.05) is 37.3 Å². The third-order valence-corrected chi connectivity index (χ3v) is 4.31. The molecule has 0 radical (unpaired) electrons. The van der Waals surface area contributed by atoms with Gasteiger partial charge in [0.25, 0.3) is 0 Å². The van der Waals surface area contributed by atoms with Crippen molar-refractivity contribution in [2.45, 2.75) is 37.9 Å². The van der Waals surface area contributed by atoms with Gasteiger partial charge in [-0.1, -0.05) is 30.3 Å². The first-order valence-corrected chi connectivity index (χ1v) is 7.29. The number of nitrogens with zero attached hydrogens (tertiary/aromatic N) is 1. The quantitative estimate of drug-likeness (QED) is 0.882. The lowest BCUT2D eigenvalue weighted by Crippen LogP contribution is -2.60. The second-order valence-electron chi connectivity index (χ2n) is 6.38. The average Bonchev–Trinajstić information content (AvgIpc) is 2.92. The van der Waals surface area contributed by atoms with Gasteiger partial charge in [-0.3, -0.25) is 4.90 Å². The Balaban J connectivity index is 1.84. The van der Waals surface area contributed by atoms with Gasteiger partial charge in [0.1, 0.15) is 0 Å². The molecule has 0 bridgehead atoms. The Morgan fingerprint density at radius 1 is 1.26 bits per heavy atom. The standard InChI is InChI=1S/C16H24N2O/c1-16(2)12-18(14-8-9-19-11-14)15(10-17-16)13-6-4-3-5-7-13/h3-7,14-15,17H,8-12H2,1-2H3. The summed E-state index contributed by atoms with van der Waals surface area (Å²) in [7, 11) is 0.